The van der Waals surface area contributed by atoms with E-state index >= 15 is 0 Å². The zero-order valence-corrected chi connectivity index (χ0v) is 6.26. The Morgan fingerprint density at radius 1 is 1.56 bits per heavy atom. The summed E-state index contributed by atoms with van der Waals surface area (Å²) in [5, 5.41) is 0. The molecule has 0 spiro atoms. The molecule has 0 saturated heterocycles. The Labute approximate surface area is 57.4 Å². The van der Waals surface area contributed by atoms with E-state index in [0.717, 1.165) is 12.5 Å². The first-order valence-electron chi connectivity index (χ1n) is 3.74. The maximum absolute atomic E-state index is 5.29. The van der Waals surface area contributed by atoms with Crippen molar-refractivity contribution >= 4 is 0 Å². The Balaban J connectivity index is 1.81. The average molecular weight is 127 g/mol. The van der Waals surface area contributed by atoms with Gasteiger partial charge in [0.1, 0.15) is 0 Å². The Hall–Kier alpha value is -0.0400. The van der Waals surface area contributed by atoms with Crippen molar-refractivity contribution in [2.75, 3.05) is 6.61 Å². The summed E-state index contributed by atoms with van der Waals surface area (Å²) in [5.74, 6) is 1.46. The molecule has 0 amide bonds. The maximum Gasteiger partial charge on any atom is 0.0862 e. The fraction of sp³-hybridized carbons (Fsp3) is 0.875. The van der Waals surface area contributed by atoms with Crippen LogP contribution in [0.3, 0.4) is 0 Å². The van der Waals surface area contributed by atoms with Crippen LogP contribution in [0, 0.1) is 18.4 Å². The van der Waals surface area contributed by atoms with Crippen LogP contribution in [0.5, 0.6) is 0 Å². The van der Waals surface area contributed by atoms with Crippen molar-refractivity contribution in [3.05, 3.63) is 6.61 Å². The van der Waals surface area contributed by atoms with Crippen LogP contribution in [0.2, 0.25) is 0 Å². The van der Waals surface area contributed by atoms with E-state index in [1.165, 1.54) is 12.8 Å². The molecule has 0 aromatic carbocycles. The van der Waals surface area contributed by atoms with Gasteiger partial charge in [-0.15, -0.1) is 0 Å². The minimum atomic E-state index is 0.573. The van der Waals surface area contributed by atoms with Gasteiger partial charge in [0.2, 0.25) is 0 Å². The van der Waals surface area contributed by atoms with E-state index in [0.29, 0.717) is 5.92 Å². The first-order valence-corrected chi connectivity index (χ1v) is 3.74. The summed E-state index contributed by atoms with van der Waals surface area (Å²) in [5.41, 5.74) is 0. The van der Waals surface area contributed by atoms with Gasteiger partial charge in [-0.05, 0) is 24.7 Å². The van der Waals surface area contributed by atoms with Crippen LogP contribution in [-0.2, 0) is 4.74 Å². The van der Waals surface area contributed by atoms with E-state index in [4.69, 9.17) is 4.74 Å². The van der Waals surface area contributed by atoms with Crippen molar-refractivity contribution in [3.63, 3.8) is 0 Å². The van der Waals surface area contributed by atoms with E-state index in [-0.39, 0.29) is 0 Å². The van der Waals surface area contributed by atoms with Crippen molar-refractivity contribution < 1.29 is 4.74 Å². The monoisotopic (exact) mass is 127 g/mol. The standard InChI is InChI=1S/C8H15O/c1-7(2)5-9-6-8-3-4-8/h5,7-8H,3-4,6H2,1-2H3. The number of ether oxygens (including phenoxy) is 1. The third-order valence-corrected chi connectivity index (χ3v) is 1.40. The smallest absolute Gasteiger partial charge is 0.0862 e. The van der Waals surface area contributed by atoms with Crippen molar-refractivity contribution in [2.24, 2.45) is 11.8 Å². The van der Waals surface area contributed by atoms with Gasteiger partial charge in [0.15, 0.2) is 0 Å². The molecule has 1 rings (SSSR count). The highest BCUT2D eigenvalue weighted by molar-refractivity contribution is 4.73. The summed E-state index contributed by atoms with van der Waals surface area (Å²) in [4.78, 5) is 0. The van der Waals surface area contributed by atoms with Gasteiger partial charge >= 0.3 is 0 Å². The molecule has 0 heterocycles. The number of hydrogen-bond acceptors (Lipinski definition) is 1. The fourth-order valence-electron chi connectivity index (χ4n) is 0.669. The molecule has 53 valence electrons. The molecule has 1 aliphatic rings. The molecule has 1 radical (unpaired) electrons. The Bertz CT molecular complexity index is 72.6. The lowest BCUT2D eigenvalue weighted by Crippen LogP contribution is -1.97. The lowest BCUT2D eigenvalue weighted by molar-refractivity contribution is 0.163. The average Bonchev–Trinajstić information content (AvgIpc) is 2.48. The van der Waals surface area contributed by atoms with Gasteiger partial charge in [0, 0.05) is 6.61 Å². The van der Waals surface area contributed by atoms with Crippen molar-refractivity contribution in [2.45, 2.75) is 26.7 Å². The Morgan fingerprint density at radius 2 is 2.22 bits per heavy atom. The summed E-state index contributed by atoms with van der Waals surface area (Å²) >= 11 is 0. The minimum Gasteiger partial charge on any atom is -0.375 e. The number of rotatable bonds is 4. The molecule has 1 heteroatoms. The van der Waals surface area contributed by atoms with Crippen LogP contribution in [-0.4, -0.2) is 6.61 Å². The van der Waals surface area contributed by atoms with Crippen LogP contribution in [0.4, 0.5) is 0 Å². The minimum absolute atomic E-state index is 0.573. The zero-order chi connectivity index (χ0) is 6.69. The van der Waals surface area contributed by atoms with Gasteiger partial charge in [-0.2, -0.15) is 0 Å². The topological polar surface area (TPSA) is 9.23 Å². The molecule has 9 heavy (non-hydrogen) atoms. The Morgan fingerprint density at radius 3 is 2.67 bits per heavy atom. The van der Waals surface area contributed by atoms with Crippen molar-refractivity contribution in [1.29, 1.82) is 0 Å². The highest BCUT2D eigenvalue weighted by Gasteiger charge is 2.21. The molecule has 0 bridgehead atoms. The quantitative estimate of drug-likeness (QED) is 0.562. The predicted octanol–water partition coefficient (Wildman–Crippen LogP) is 2.23. The molecule has 0 atom stereocenters. The second-order valence-corrected chi connectivity index (χ2v) is 3.16. The molecule has 0 aliphatic heterocycles. The molecular weight excluding hydrogens is 112 g/mol. The van der Waals surface area contributed by atoms with Crippen LogP contribution in [0.15, 0.2) is 0 Å². The predicted molar refractivity (Wildman–Crippen MR) is 37.8 cm³/mol. The van der Waals surface area contributed by atoms with Gasteiger partial charge in [-0.3, -0.25) is 0 Å². The normalized spacial score (nSPS) is 19.0. The molecule has 0 aromatic heterocycles. The lowest BCUT2D eigenvalue weighted by atomic mass is 10.2. The zero-order valence-electron chi connectivity index (χ0n) is 6.26. The second kappa shape index (κ2) is 3.21. The van der Waals surface area contributed by atoms with Gasteiger partial charge in [0.05, 0.1) is 6.61 Å². The fourth-order valence-corrected chi connectivity index (χ4v) is 0.669. The first kappa shape index (κ1) is 7.07. The highest BCUT2D eigenvalue weighted by atomic mass is 16.5. The van der Waals surface area contributed by atoms with Crippen molar-refractivity contribution in [1.82, 2.24) is 0 Å². The van der Waals surface area contributed by atoms with Gasteiger partial charge in [0.25, 0.3) is 0 Å². The molecule has 1 aliphatic carbocycles. The maximum atomic E-state index is 5.29. The largest absolute Gasteiger partial charge is 0.375 e. The molecule has 0 unspecified atom stereocenters. The van der Waals surface area contributed by atoms with Crippen LogP contribution < -0.4 is 0 Å². The van der Waals surface area contributed by atoms with Crippen LogP contribution in [0.25, 0.3) is 0 Å². The molecule has 0 N–H and O–H groups in total. The van der Waals surface area contributed by atoms with E-state index in [1.54, 1.807) is 0 Å². The molecule has 1 saturated carbocycles. The summed E-state index contributed by atoms with van der Waals surface area (Å²) < 4.78 is 5.29. The highest BCUT2D eigenvalue weighted by Crippen LogP contribution is 2.29. The van der Waals surface area contributed by atoms with Crippen molar-refractivity contribution in [3.8, 4) is 0 Å². The second-order valence-electron chi connectivity index (χ2n) is 3.16. The van der Waals surface area contributed by atoms with Crippen LogP contribution in [0.1, 0.15) is 26.7 Å². The van der Waals surface area contributed by atoms with Crippen LogP contribution >= 0.6 is 0 Å². The summed E-state index contributed by atoms with van der Waals surface area (Å²) in [6, 6.07) is 0. The molecule has 1 fully saturated rings. The Kier molecular flexibility index (Phi) is 2.52. The summed E-state index contributed by atoms with van der Waals surface area (Å²) in [6.45, 7) is 7.15. The third kappa shape index (κ3) is 3.52. The van der Waals surface area contributed by atoms with Gasteiger partial charge in [-0.25, -0.2) is 0 Å². The lowest BCUT2D eigenvalue weighted by Gasteiger charge is -2.03. The van der Waals surface area contributed by atoms with Gasteiger partial charge < -0.3 is 4.74 Å². The van der Waals surface area contributed by atoms with E-state index in [1.807, 2.05) is 6.61 Å². The molecule has 1 nitrogen and oxygen atoms in total. The third-order valence-electron chi connectivity index (χ3n) is 1.40. The summed E-state index contributed by atoms with van der Waals surface area (Å²) in [7, 11) is 0. The molecule has 0 aromatic rings. The summed E-state index contributed by atoms with van der Waals surface area (Å²) in [6.07, 6.45) is 2.76. The first-order chi connectivity index (χ1) is 4.29. The van der Waals surface area contributed by atoms with E-state index < -0.39 is 0 Å². The molecular formula is C8H15O. The van der Waals surface area contributed by atoms with E-state index in [9.17, 15) is 0 Å². The number of hydrogen-bond donors (Lipinski definition) is 0. The SMILES string of the molecule is CC(C)[CH]OCC1CC1. The van der Waals surface area contributed by atoms with E-state index in [2.05, 4.69) is 13.8 Å². The van der Waals surface area contributed by atoms with Gasteiger partial charge in [-0.1, -0.05) is 13.8 Å².